The van der Waals surface area contributed by atoms with Gasteiger partial charge in [-0.2, -0.15) is 8.42 Å². The molecule has 3 aromatic rings. The molecule has 5 nitrogen and oxygen atoms in total. The highest BCUT2D eigenvalue weighted by Gasteiger charge is 2.25. The molecule has 0 spiro atoms. The molecular formula is C22H22O5S. The van der Waals surface area contributed by atoms with Gasteiger partial charge in [-0.1, -0.05) is 68.4 Å². The number of hydrogen-bond acceptors (Lipinski definition) is 4. The van der Waals surface area contributed by atoms with Crippen molar-refractivity contribution < 1.29 is 23.2 Å². The summed E-state index contributed by atoms with van der Waals surface area (Å²) in [5, 5.41) is 20.5. The Morgan fingerprint density at radius 2 is 1.21 bits per heavy atom. The first-order valence-electron chi connectivity index (χ1n) is 8.87. The lowest BCUT2D eigenvalue weighted by Gasteiger charge is -2.18. The first-order valence-corrected chi connectivity index (χ1v) is 10.3. The predicted octanol–water partition coefficient (Wildman–Crippen LogP) is 4.65. The molecule has 0 saturated carbocycles. The Morgan fingerprint density at radius 1 is 0.714 bits per heavy atom. The van der Waals surface area contributed by atoms with Crippen LogP contribution in [-0.2, 0) is 10.1 Å². The van der Waals surface area contributed by atoms with E-state index in [2.05, 4.69) is 19.1 Å². The Labute approximate surface area is 164 Å². The Morgan fingerprint density at radius 3 is 1.75 bits per heavy atom. The number of rotatable bonds is 5. The summed E-state index contributed by atoms with van der Waals surface area (Å²) in [6.07, 6.45) is 0. The zero-order valence-electron chi connectivity index (χ0n) is 15.6. The fourth-order valence-corrected chi connectivity index (χ4v) is 3.98. The molecule has 2 unspecified atom stereocenters. The van der Waals surface area contributed by atoms with Gasteiger partial charge in [-0.25, -0.2) is 0 Å². The van der Waals surface area contributed by atoms with Crippen LogP contribution in [0.25, 0.3) is 0 Å². The van der Waals surface area contributed by atoms with Gasteiger partial charge in [0.1, 0.15) is 16.4 Å². The minimum atomic E-state index is -4.60. The average Bonchev–Trinajstić information content (AvgIpc) is 2.67. The molecule has 0 aromatic heterocycles. The maximum atomic E-state index is 11.4. The van der Waals surface area contributed by atoms with E-state index in [4.69, 9.17) is 0 Å². The molecule has 3 N–H and O–H groups in total. The molecule has 0 fully saturated rings. The minimum absolute atomic E-state index is 0.0546. The molecule has 0 radical (unpaired) electrons. The third-order valence-corrected chi connectivity index (χ3v) is 5.99. The minimum Gasteiger partial charge on any atom is -0.508 e. The van der Waals surface area contributed by atoms with E-state index in [-0.39, 0.29) is 17.2 Å². The van der Waals surface area contributed by atoms with Crippen LogP contribution >= 0.6 is 0 Å². The monoisotopic (exact) mass is 398 g/mol. The van der Waals surface area contributed by atoms with Gasteiger partial charge in [-0.3, -0.25) is 4.55 Å². The molecular weight excluding hydrogens is 376 g/mol. The van der Waals surface area contributed by atoms with E-state index >= 15 is 0 Å². The third-order valence-electron chi connectivity index (χ3n) is 5.10. The quantitative estimate of drug-likeness (QED) is 0.544. The van der Waals surface area contributed by atoms with Crippen molar-refractivity contribution in [3.05, 3.63) is 89.0 Å². The summed E-state index contributed by atoms with van der Waals surface area (Å²) >= 11 is 0. The van der Waals surface area contributed by atoms with E-state index in [0.29, 0.717) is 0 Å². The molecule has 0 heterocycles. The fourth-order valence-electron chi connectivity index (χ4n) is 3.39. The van der Waals surface area contributed by atoms with Gasteiger partial charge in [0.15, 0.2) is 0 Å². The van der Waals surface area contributed by atoms with Crippen molar-refractivity contribution in [3.63, 3.8) is 0 Å². The molecule has 146 valence electrons. The highest BCUT2D eigenvalue weighted by molar-refractivity contribution is 7.86. The second-order valence-electron chi connectivity index (χ2n) is 6.84. The number of hydrogen-bond donors (Lipinski definition) is 3. The number of phenolic OH excluding ortho intramolecular Hbond substituents is 2. The van der Waals surface area contributed by atoms with Gasteiger partial charge >= 0.3 is 0 Å². The van der Waals surface area contributed by atoms with Crippen LogP contribution in [0.2, 0.25) is 0 Å². The van der Waals surface area contributed by atoms with Crippen molar-refractivity contribution in [1.29, 1.82) is 0 Å². The van der Waals surface area contributed by atoms with Crippen LogP contribution in [0.15, 0.2) is 71.6 Å². The maximum Gasteiger partial charge on any atom is 0.298 e. The van der Waals surface area contributed by atoms with Gasteiger partial charge in [0, 0.05) is 17.4 Å². The smallest absolute Gasteiger partial charge is 0.298 e. The van der Waals surface area contributed by atoms with E-state index < -0.39 is 26.7 Å². The Kier molecular flexibility index (Phi) is 5.45. The summed E-state index contributed by atoms with van der Waals surface area (Å²) in [7, 11) is -4.60. The van der Waals surface area contributed by atoms with Crippen LogP contribution in [-0.4, -0.2) is 23.2 Å². The number of benzene rings is 3. The molecule has 3 aromatic carbocycles. The molecule has 0 aliphatic heterocycles. The lowest BCUT2D eigenvalue weighted by atomic mass is 9.88. The third kappa shape index (κ3) is 3.88. The van der Waals surface area contributed by atoms with Crippen molar-refractivity contribution in [3.8, 4) is 11.5 Å². The summed E-state index contributed by atoms with van der Waals surface area (Å²) in [6.45, 7) is 3.86. The maximum absolute atomic E-state index is 11.4. The molecule has 0 bridgehead atoms. The normalized spacial score (nSPS) is 13.8. The van der Waals surface area contributed by atoms with Gasteiger partial charge in [0.2, 0.25) is 0 Å². The average molecular weight is 398 g/mol. The first-order chi connectivity index (χ1) is 13.2. The highest BCUT2D eigenvalue weighted by atomic mass is 32.2. The SMILES string of the molecule is CC(c1ccccc1)c1ccc(C(C)c2c(O)ccc(S(=O)(=O)O)c2O)cc1. The first kappa shape index (κ1) is 19.9. The summed E-state index contributed by atoms with van der Waals surface area (Å²) < 4.78 is 32.2. The van der Waals surface area contributed by atoms with Crippen LogP contribution in [0, 0.1) is 0 Å². The molecule has 28 heavy (non-hydrogen) atoms. The van der Waals surface area contributed by atoms with Crippen LogP contribution < -0.4 is 0 Å². The highest BCUT2D eigenvalue weighted by Crippen LogP contribution is 2.41. The molecule has 0 saturated heterocycles. The van der Waals surface area contributed by atoms with Crippen LogP contribution in [0.4, 0.5) is 0 Å². The molecule has 2 atom stereocenters. The van der Waals surface area contributed by atoms with Crippen LogP contribution in [0.1, 0.15) is 47.9 Å². The zero-order valence-corrected chi connectivity index (χ0v) is 16.4. The van der Waals surface area contributed by atoms with Gasteiger partial charge in [-0.15, -0.1) is 0 Å². The largest absolute Gasteiger partial charge is 0.508 e. The van der Waals surface area contributed by atoms with Gasteiger partial charge in [-0.05, 0) is 28.8 Å². The van der Waals surface area contributed by atoms with E-state index in [1.807, 2.05) is 42.5 Å². The summed E-state index contributed by atoms with van der Waals surface area (Å²) in [5.74, 6) is -1.16. The molecule has 3 rings (SSSR count). The Balaban J connectivity index is 1.95. The predicted molar refractivity (Wildman–Crippen MR) is 108 cm³/mol. The van der Waals surface area contributed by atoms with Crippen molar-refractivity contribution in [2.45, 2.75) is 30.6 Å². The van der Waals surface area contributed by atoms with Crippen molar-refractivity contribution in [1.82, 2.24) is 0 Å². The van der Waals surface area contributed by atoms with Gasteiger partial charge in [0.05, 0.1) is 0 Å². The van der Waals surface area contributed by atoms with Crippen LogP contribution in [0.3, 0.4) is 0 Å². The van der Waals surface area contributed by atoms with E-state index in [9.17, 15) is 23.2 Å². The lowest BCUT2D eigenvalue weighted by Crippen LogP contribution is -2.04. The molecule has 6 heteroatoms. The van der Waals surface area contributed by atoms with E-state index in [0.717, 1.165) is 23.3 Å². The summed E-state index contributed by atoms with van der Waals surface area (Å²) in [6, 6.07) is 20.0. The molecule has 0 amide bonds. The molecule has 0 aliphatic carbocycles. The number of aromatic hydroxyl groups is 2. The zero-order chi connectivity index (χ0) is 20.5. The second kappa shape index (κ2) is 7.66. The van der Waals surface area contributed by atoms with Crippen molar-refractivity contribution in [2.24, 2.45) is 0 Å². The lowest BCUT2D eigenvalue weighted by molar-refractivity contribution is 0.418. The van der Waals surface area contributed by atoms with Crippen molar-refractivity contribution >= 4 is 10.1 Å². The fraction of sp³-hybridized carbons (Fsp3) is 0.182. The standard InChI is InChI=1S/C22H22O5S/c1-14(16-6-4-3-5-7-16)17-8-10-18(11-9-17)15(2)21-19(23)12-13-20(22(21)24)28(25,26)27/h3-15,23-24H,1-2H3,(H,25,26,27). The Bertz CT molecular complexity index is 1070. The topological polar surface area (TPSA) is 94.8 Å². The van der Waals surface area contributed by atoms with Crippen LogP contribution in [0.5, 0.6) is 11.5 Å². The van der Waals surface area contributed by atoms with Gasteiger partial charge < -0.3 is 10.2 Å². The van der Waals surface area contributed by atoms with E-state index in [1.54, 1.807) is 6.92 Å². The van der Waals surface area contributed by atoms with E-state index in [1.165, 1.54) is 5.56 Å². The van der Waals surface area contributed by atoms with Gasteiger partial charge in [0.25, 0.3) is 10.1 Å². The number of phenols is 2. The summed E-state index contributed by atoms with van der Waals surface area (Å²) in [5.41, 5.74) is 3.16. The summed E-state index contributed by atoms with van der Waals surface area (Å²) in [4.78, 5) is -0.624. The second-order valence-corrected chi connectivity index (χ2v) is 8.23. The molecule has 0 aliphatic rings. The van der Waals surface area contributed by atoms with Crippen molar-refractivity contribution in [2.75, 3.05) is 0 Å². The Hall–Kier alpha value is -2.83.